The van der Waals surface area contributed by atoms with Crippen LogP contribution in [0.4, 0.5) is 17.5 Å². The molecule has 0 bridgehead atoms. The van der Waals surface area contributed by atoms with Crippen LogP contribution < -0.4 is 15.4 Å². The molecule has 0 fully saturated rings. The van der Waals surface area contributed by atoms with Gasteiger partial charge < -0.3 is 20.5 Å². The molecule has 3 N–H and O–H groups in total. The number of ether oxygens (including phenoxy) is 1. The Bertz CT molecular complexity index is 825. The van der Waals surface area contributed by atoms with Crippen molar-refractivity contribution < 1.29 is 9.84 Å². The monoisotopic (exact) mass is 336 g/mol. The Morgan fingerprint density at radius 2 is 1.76 bits per heavy atom. The van der Waals surface area contributed by atoms with E-state index >= 15 is 0 Å². The third kappa shape index (κ3) is 4.24. The van der Waals surface area contributed by atoms with Gasteiger partial charge in [-0.15, -0.1) is 0 Å². The molecule has 25 heavy (non-hydrogen) atoms. The molecular weight excluding hydrogens is 316 g/mol. The lowest BCUT2D eigenvalue weighted by molar-refractivity contribution is 0.311. The second-order valence-corrected chi connectivity index (χ2v) is 5.30. The normalized spacial score (nSPS) is 10.3. The molecule has 0 radical (unpaired) electrons. The number of para-hydroxylation sites is 2. The molecule has 3 rings (SSSR count). The molecule has 0 aliphatic rings. The van der Waals surface area contributed by atoms with Crippen molar-refractivity contribution >= 4 is 17.5 Å². The van der Waals surface area contributed by atoms with Crippen LogP contribution in [0, 0.1) is 0 Å². The van der Waals surface area contributed by atoms with Gasteiger partial charge in [0.25, 0.3) is 0 Å². The summed E-state index contributed by atoms with van der Waals surface area (Å²) < 4.78 is 5.37. The number of anilines is 3. The van der Waals surface area contributed by atoms with E-state index in [9.17, 15) is 0 Å². The number of nitrogens with one attached hydrogen (secondary N) is 2. The topological polar surface area (TPSA) is 79.3 Å². The molecule has 0 amide bonds. The lowest BCUT2D eigenvalue weighted by atomic mass is 10.1. The van der Waals surface area contributed by atoms with Gasteiger partial charge in [-0.05, 0) is 12.1 Å². The van der Waals surface area contributed by atoms with Crippen molar-refractivity contribution in [3.8, 4) is 17.0 Å². The summed E-state index contributed by atoms with van der Waals surface area (Å²) in [7, 11) is 1.63. The van der Waals surface area contributed by atoms with Crippen LogP contribution in [0.1, 0.15) is 0 Å². The maximum Gasteiger partial charge on any atom is 0.225 e. The van der Waals surface area contributed by atoms with Gasteiger partial charge in [-0.25, -0.2) is 4.98 Å². The fourth-order valence-corrected chi connectivity index (χ4v) is 2.40. The van der Waals surface area contributed by atoms with Crippen molar-refractivity contribution in [2.24, 2.45) is 0 Å². The number of benzene rings is 2. The summed E-state index contributed by atoms with van der Waals surface area (Å²) in [5, 5.41) is 15.3. The largest absolute Gasteiger partial charge is 0.495 e. The average Bonchev–Trinajstić information content (AvgIpc) is 2.67. The molecule has 0 aliphatic heterocycles. The molecule has 0 aliphatic carbocycles. The van der Waals surface area contributed by atoms with Gasteiger partial charge in [-0.2, -0.15) is 4.98 Å². The Labute approximate surface area is 146 Å². The van der Waals surface area contributed by atoms with Crippen LogP contribution in [0.5, 0.6) is 5.75 Å². The van der Waals surface area contributed by atoms with Crippen molar-refractivity contribution in [1.82, 2.24) is 9.97 Å². The van der Waals surface area contributed by atoms with Crippen molar-refractivity contribution in [2.45, 2.75) is 0 Å². The number of nitrogens with zero attached hydrogens (tertiary/aromatic N) is 2. The van der Waals surface area contributed by atoms with Crippen LogP contribution in [0.25, 0.3) is 11.3 Å². The Balaban J connectivity index is 1.97. The predicted molar refractivity (Wildman–Crippen MR) is 99.3 cm³/mol. The van der Waals surface area contributed by atoms with E-state index in [1.165, 1.54) is 0 Å². The lowest BCUT2D eigenvalue weighted by Gasteiger charge is -2.13. The third-order valence-electron chi connectivity index (χ3n) is 3.56. The number of hydrogen-bond acceptors (Lipinski definition) is 6. The summed E-state index contributed by atoms with van der Waals surface area (Å²) in [5.74, 6) is 1.82. The minimum atomic E-state index is 0.00813. The summed E-state index contributed by atoms with van der Waals surface area (Å²) in [6.07, 6.45) is 0. The fraction of sp³-hybridized carbons (Fsp3) is 0.158. The maximum atomic E-state index is 9.04. The molecule has 6 nitrogen and oxygen atoms in total. The number of aliphatic hydroxyl groups is 1. The summed E-state index contributed by atoms with van der Waals surface area (Å²) in [6.45, 7) is 0.389. The molecule has 0 unspecified atom stereocenters. The van der Waals surface area contributed by atoms with Crippen molar-refractivity contribution in [1.29, 1.82) is 0 Å². The fourth-order valence-electron chi connectivity index (χ4n) is 2.40. The van der Waals surface area contributed by atoms with E-state index in [4.69, 9.17) is 9.84 Å². The quantitative estimate of drug-likeness (QED) is 0.614. The van der Waals surface area contributed by atoms with E-state index in [1.54, 1.807) is 7.11 Å². The highest BCUT2D eigenvalue weighted by Crippen LogP contribution is 2.28. The van der Waals surface area contributed by atoms with Gasteiger partial charge in [0.05, 0.1) is 25.1 Å². The molecule has 0 saturated carbocycles. The van der Waals surface area contributed by atoms with Crippen LogP contribution in [0.15, 0.2) is 60.7 Å². The highest BCUT2D eigenvalue weighted by Gasteiger charge is 2.09. The maximum absolute atomic E-state index is 9.04. The summed E-state index contributed by atoms with van der Waals surface area (Å²) in [6, 6.07) is 19.4. The standard InChI is InChI=1S/C19H20N4O2/c1-25-17-10-6-5-9-15(17)21-18-13-16(14-7-3-2-4-8-14)22-19(23-18)20-11-12-24/h2-10,13,24H,11-12H2,1H3,(H2,20,21,22,23). The number of rotatable bonds is 7. The average molecular weight is 336 g/mol. The molecule has 0 spiro atoms. The zero-order valence-electron chi connectivity index (χ0n) is 13.9. The Morgan fingerprint density at radius 3 is 2.52 bits per heavy atom. The van der Waals surface area contributed by atoms with E-state index in [2.05, 4.69) is 20.6 Å². The van der Waals surface area contributed by atoms with Crippen molar-refractivity contribution in [2.75, 3.05) is 30.9 Å². The number of aliphatic hydroxyl groups excluding tert-OH is 1. The van der Waals surface area contributed by atoms with Gasteiger partial charge in [0.2, 0.25) is 5.95 Å². The number of hydrogen-bond donors (Lipinski definition) is 3. The molecule has 6 heteroatoms. The van der Waals surface area contributed by atoms with E-state index in [0.717, 1.165) is 22.7 Å². The lowest BCUT2D eigenvalue weighted by Crippen LogP contribution is -2.10. The number of aromatic nitrogens is 2. The van der Waals surface area contributed by atoms with Gasteiger partial charge in [0.15, 0.2) is 0 Å². The van der Waals surface area contributed by atoms with Crippen molar-refractivity contribution in [3.63, 3.8) is 0 Å². The zero-order valence-corrected chi connectivity index (χ0v) is 13.9. The molecule has 1 aromatic heterocycles. The second-order valence-electron chi connectivity index (χ2n) is 5.30. The van der Waals surface area contributed by atoms with Crippen LogP contribution >= 0.6 is 0 Å². The van der Waals surface area contributed by atoms with Gasteiger partial charge in [-0.3, -0.25) is 0 Å². The van der Waals surface area contributed by atoms with Crippen LogP contribution in [-0.2, 0) is 0 Å². The summed E-state index contributed by atoms with van der Waals surface area (Å²) >= 11 is 0. The molecule has 1 heterocycles. The van der Waals surface area contributed by atoms with Gasteiger partial charge in [0.1, 0.15) is 11.6 Å². The number of methoxy groups -OCH3 is 1. The zero-order chi connectivity index (χ0) is 17.5. The molecule has 0 saturated heterocycles. The predicted octanol–water partition coefficient (Wildman–Crippen LogP) is 3.30. The Morgan fingerprint density at radius 1 is 1.00 bits per heavy atom. The molecule has 2 aromatic carbocycles. The van der Waals surface area contributed by atoms with Crippen LogP contribution in [0.2, 0.25) is 0 Å². The first kappa shape index (κ1) is 16.7. The first-order valence-corrected chi connectivity index (χ1v) is 7.99. The molecular formula is C19H20N4O2. The first-order valence-electron chi connectivity index (χ1n) is 7.99. The van der Waals surface area contributed by atoms with Gasteiger partial charge in [0, 0.05) is 18.2 Å². The van der Waals surface area contributed by atoms with Crippen molar-refractivity contribution in [3.05, 3.63) is 60.7 Å². The van der Waals surface area contributed by atoms with E-state index in [-0.39, 0.29) is 6.61 Å². The van der Waals surface area contributed by atoms with E-state index < -0.39 is 0 Å². The molecule has 3 aromatic rings. The Hall–Kier alpha value is -3.12. The second kappa shape index (κ2) is 8.12. The van der Waals surface area contributed by atoms with Gasteiger partial charge in [-0.1, -0.05) is 42.5 Å². The van der Waals surface area contributed by atoms with Crippen LogP contribution in [-0.4, -0.2) is 35.3 Å². The highest BCUT2D eigenvalue weighted by molar-refractivity contribution is 5.69. The molecule has 128 valence electrons. The van der Waals surface area contributed by atoms with Gasteiger partial charge >= 0.3 is 0 Å². The Kier molecular flexibility index (Phi) is 5.43. The summed E-state index contributed by atoms with van der Waals surface area (Å²) in [4.78, 5) is 8.99. The minimum Gasteiger partial charge on any atom is -0.495 e. The van der Waals surface area contributed by atoms with Crippen LogP contribution in [0.3, 0.4) is 0 Å². The first-order chi connectivity index (χ1) is 12.3. The van der Waals surface area contributed by atoms with E-state index in [1.807, 2.05) is 60.7 Å². The SMILES string of the molecule is COc1ccccc1Nc1cc(-c2ccccc2)nc(NCCO)n1. The smallest absolute Gasteiger partial charge is 0.225 e. The summed E-state index contributed by atoms with van der Waals surface area (Å²) in [5.41, 5.74) is 2.59. The minimum absolute atomic E-state index is 0.00813. The third-order valence-corrected chi connectivity index (χ3v) is 3.56. The molecule has 0 atom stereocenters. The van der Waals surface area contributed by atoms with E-state index in [0.29, 0.717) is 18.3 Å². The highest BCUT2D eigenvalue weighted by atomic mass is 16.5.